The van der Waals surface area contributed by atoms with Crippen LogP contribution < -0.4 is 9.47 Å². The highest BCUT2D eigenvalue weighted by Gasteiger charge is 2.16. The molecule has 0 saturated carbocycles. The highest BCUT2D eigenvalue weighted by molar-refractivity contribution is 7.12. The molecule has 1 aliphatic rings. The third-order valence-corrected chi connectivity index (χ3v) is 4.73. The maximum Gasteiger partial charge on any atom is 0.231 e. The Morgan fingerprint density at radius 2 is 2.20 bits per heavy atom. The number of hydrogen-bond acceptors (Lipinski definition) is 6. The Kier molecular flexibility index (Phi) is 4.07. The van der Waals surface area contributed by atoms with E-state index in [0.29, 0.717) is 6.42 Å². The minimum atomic E-state index is 0.266. The van der Waals surface area contributed by atoms with Crippen molar-refractivity contribution in [2.45, 2.75) is 13.3 Å². The number of allylic oxidation sites excluding steroid dienone is 1. The van der Waals surface area contributed by atoms with Gasteiger partial charge in [0.25, 0.3) is 0 Å². The van der Waals surface area contributed by atoms with Crippen molar-refractivity contribution < 1.29 is 9.47 Å². The lowest BCUT2D eigenvalue weighted by molar-refractivity contribution is 0.174. The molecule has 0 N–H and O–H groups in total. The molecule has 2 aromatic heterocycles. The summed E-state index contributed by atoms with van der Waals surface area (Å²) in [5.74, 6) is 3.01. The molecule has 0 aliphatic carbocycles. The molecule has 25 heavy (non-hydrogen) atoms. The van der Waals surface area contributed by atoms with Gasteiger partial charge in [-0.15, -0.1) is 21.5 Å². The molecule has 1 aromatic carbocycles. The summed E-state index contributed by atoms with van der Waals surface area (Å²) in [4.78, 5) is 1.05. The van der Waals surface area contributed by atoms with Crippen LogP contribution in [-0.4, -0.2) is 27.4 Å². The van der Waals surface area contributed by atoms with Gasteiger partial charge in [0.2, 0.25) is 6.79 Å². The minimum Gasteiger partial charge on any atom is -0.454 e. The van der Waals surface area contributed by atoms with Crippen LogP contribution in [-0.2, 0) is 6.42 Å². The van der Waals surface area contributed by atoms with Crippen LogP contribution in [0.25, 0.3) is 0 Å². The van der Waals surface area contributed by atoms with E-state index in [1.807, 2.05) is 42.6 Å². The van der Waals surface area contributed by atoms with Gasteiger partial charge in [0, 0.05) is 6.42 Å². The van der Waals surface area contributed by atoms with Crippen molar-refractivity contribution in [3.05, 3.63) is 70.5 Å². The molecule has 0 atom stereocenters. The van der Waals surface area contributed by atoms with Crippen molar-refractivity contribution in [2.24, 2.45) is 5.10 Å². The number of aryl methyl sites for hydroxylation is 1. The second kappa shape index (κ2) is 6.52. The van der Waals surface area contributed by atoms with Crippen LogP contribution >= 0.6 is 11.3 Å². The molecule has 0 unspecified atom stereocenters. The molecule has 7 heteroatoms. The third kappa shape index (κ3) is 3.06. The number of thiophene rings is 1. The summed E-state index contributed by atoms with van der Waals surface area (Å²) in [5.41, 5.74) is 1.86. The maximum absolute atomic E-state index is 5.44. The molecule has 0 bridgehead atoms. The molecular formula is C18H16N4O2S. The predicted molar refractivity (Wildman–Crippen MR) is 96.6 cm³/mol. The Bertz CT molecular complexity index is 944. The fourth-order valence-corrected chi connectivity index (χ4v) is 3.30. The van der Waals surface area contributed by atoms with Crippen LogP contribution in [0.4, 0.5) is 0 Å². The summed E-state index contributed by atoms with van der Waals surface area (Å²) < 4.78 is 12.6. The van der Waals surface area contributed by atoms with Gasteiger partial charge in [0.15, 0.2) is 23.1 Å². The largest absolute Gasteiger partial charge is 0.454 e. The Morgan fingerprint density at radius 1 is 1.32 bits per heavy atom. The van der Waals surface area contributed by atoms with Crippen LogP contribution in [0.1, 0.15) is 22.1 Å². The van der Waals surface area contributed by atoms with E-state index >= 15 is 0 Å². The third-order valence-electron chi connectivity index (χ3n) is 3.84. The Morgan fingerprint density at radius 3 is 3.00 bits per heavy atom. The van der Waals surface area contributed by atoms with Gasteiger partial charge in [0.05, 0.1) is 4.88 Å². The van der Waals surface area contributed by atoms with E-state index < -0.39 is 0 Å². The maximum atomic E-state index is 5.44. The van der Waals surface area contributed by atoms with E-state index in [1.165, 1.54) is 0 Å². The van der Waals surface area contributed by atoms with Gasteiger partial charge in [-0.2, -0.15) is 5.10 Å². The first kappa shape index (κ1) is 15.6. The van der Waals surface area contributed by atoms with E-state index in [1.54, 1.807) is 22.1 Å². The molecule has 0 fully saturated rings. The lowest BCUT2D eigenvalue weighted by Crippen LogP contribution is -2.05. The van der Waals surface area contributed by atoms with Crippen LogP contribution in [0.3, 0.4) is 0 Å². The first-order valence-corrected chi connectivity index (χ1v) is 8.67. The van der Waals surface area contributed by atoms with Crippen molar-refractivity contribution in [3.8, 4) is 11.5 Å². The van der Waals surface area contributed by atoms with Crippen molar-refractivity contribution in [2.75, 3.05) is 6.79 Å². The topological polar surface area (TPSA) is 61.5 Å². The van der Waals surface area contributed by atoms with Crippen molar-refractivity contribution in [1.82, 2.24) is 14.9 Å². The lowest BCUT2D eigenvalue weighted by Gasteiger charge is -2.06. The zero-order valence-corrected chi connectivity index (χ0v) is 14.5. The molecule has 0 spiro atoms. The number of nitrogens with zero attached hydrogens (tertiary/aromatic N) is 4. The summed E-state index contributed by atoms with van der Waals surface area (Å²) in [6.45, 7) is 6.02. The van der Waals surface area contributed by atoms with Gasteiger partial charge in [0.1, 0.15) is 5.71 Å². The average molecular weight is 352 g/mol. The fourth-order valence-electron chi connectivity index (χ4n) is 2.60. The smallest absolute Gasteiger partial charge is 0.231 e. The molecule has 3 aromatic rings. The molecule has 126 valence electrons. The van der Waals surface area contributed by atoms with Crippen molar-refractivity contribution in [3.63, 3.8) is 0 Å². The van der Waals surface area contributed by atoms with Gasteiger partial charge in [-0.05, 0) is 42.1 Å². The van der Waals surface area contributed by atoms with Crippen LogP contribution in [0, 0.1) is 6.92 Å². The zero-order valence-electron chi connectivity index (χ0n) is 13.7. The van der Waals surface area contributed by atoms with Gasteiger partial charge in [-0.1, -0.05) is 18.7 Å². The van der Waals surface area contributed by atoms with Crippen molar-refractivity contribution >= 4 is 17.0 Å². The van der Waals surface area contributed by atoms with Gasteiger partial charge >= 0.3 is 0 Å². The Balaban J connectivity index is 1.67. The SMILES string of the molecule is C=C/C(=N\n1c(C)nnc1Cc1ccc2c(c1)OCO2)c1cccs1. The van der Waals surface area contributed by atoms with Gasteiger partial charge in [-0.3, -0.25) is 0 Å². The van der Waals surface area contributed by atoms with E-state index in [2.05, 4.69) is 16.8 Å². The minimum absolute atomic E-state index is 0.266. The monoisotopic (exact) mass is 352 g/mol. The standard InChI is InChI=1S/C18H16N4O2S/c1-3-14(17-5-4-8-25-17)21-22-12(2)19-20-18(22)10-13-6-7-15-16(9-13)24-11-23-15/h3-9H,1,10-11H2,2H3/b21-14+. The van der Waals surface area contributed by atoms with E-state index in [9.17, 15) is 0 Å². The zero-order chi connectivity index (χ0) is 17.2. The number of benzene rings is 1. The normalized spacial score (nSPS) is 13.2. The first-order valence-electron chi connectivity index (χ1n) is 7.79. The summed E-state index contributed by atoms with van der Waals surface area (Å²) in [6, 6.07) is 9.89. The molecule has 4 rings (SSSR count). The Hall–Kier alpha value is -2.93. The second-order valence-electron chi connectivity index (χ2n) is 5.51. The first-order chi connectivity index (χ1) is 12.2. The van der Waals surface area contributed by atoms with Gasteiger partial charge in [-0.25, -0.2) is 4.68 Å². The van der Waals surface area contributed by atoms with Crippen LogP contribution in [0.15, 0.2) is 53.5 Å². The molecule has 0 amide bonds. The van der Waals surface area contributed by atoms with Gasteiger partial charge < -0.3 is 9.47 Å². The van der Waals surface area contributed by atoms with Crippen LogP contribution in [0.2, 0.25) is 0 Å². The van der Waals surface area contributed by atoms with E-state index in [-0.39, 0.29) is 6.79 Å². The summed E-state index contributed by atoms with van der Waals surface area (Å²) in [7, 11) is 0. The number of rotatable bonds is 5. The molecule has 0 radical (unpaired) electrons. The summed E-state index contributed by atoms with van der Waals surface area (Å²) in [6.07, 6.45) is 2.34. The average Bonchev–Trinajstić information content (AvgIpc) is 3.35. The lowest BCUT2D eigenvalue weighted by atomic mass is 10.1. The number of hydrogen-bond donors (Lipinski definition) is 0. The highest BCUT2D eigenvalue weighted by atomic mass is 32.1. The Labute approximate surface area is 149 Å². The number of fused-ring (bicyclic) bond motifs is 1. The molecule has 3 heterocycles. The quantitative estimate of drug-likeness (QED) is 0.660. The summed E-state index contributed by atoms with van der Waals surface area (Å²) >= 11 is 1.62. The predicted octanol–water partition coefficient (Wildman–Crippen LogP) is 3.41. The molecule has 1 aliphatic heterocycles. The number of ether oxygens (including phenoxy) is 2. The van der Waals surface area contributed by atoms with Crippen molar-refractivity contribution in [1.29, 1.82) is 0 Å². The van der Waals surface area contributed by atoms with Crippen LogP contribution in [0.5, 0.6) is 11.5 Å². The summed E-state index contributed by atoms with van der Waals surface area (Å²) in [5, 5.41) is 15.2. The van der Waals surface area contributed by atoms with E-state index in [0.717, 1.165) is 39.3 Å². The second-order valence-corrected chi connectivity index (χ2v) is 6.45. The molecule has 6 nitrogen and oxygen atoms in total. The molecule has 0 saturated heterocycles. The highest BCUT2D eigenvalue weighted by Crippen LogP contribution is 2.33. The molecular weight excluding hydrogens is 336 g/mol. The number of aromatic nitrogens is 3. The fraction of sp³-hybridized carbons (Fsp3) is 0.167. The van der Waals surface area contributed by atoms with E-state index in [4.69, 9.17) is 14.6 Å².